The Hall–Kier alpha value is -2.80. The summed E-state index contributed by atoms with van der Waals surface area (Å²) in [5.74, 6) is -0.958. The van der Waals surface area contributed by atoms with Crippen LogP contribution in [0.3, 0.4) is 0 Å². The second kappa shape index (κ2) is 7.80. The molecule has 2 N–H and O–H groups in total. The number of hydrogen-bond donors (Lipinski definition) is 2. The second-order valence-electron chi connectivity index (χ2n) is 6.65. The van der Waals surface area contributed by atoms with Gasteiger partial charge in [-0.2, -0.15) is 13.2 Å². The first kappa shape index (κ1) is 20.5. The maximum atomic E-state index is 13.1. The Morgan fingerprint density at radius 2 is 2.10 bits per heavy atom. The van der Waals surface area contributed by atoms with E-state index in [-0.39, 0.29) is 44.4 Å². The number of aliphatic hydroxyl groups excluding tert-OH is 1. The van der Waals surface area contributed by atoms with Gasteiger partial charge in [-0.1, -0.05) is 6.92 Å². The first-order valence-corrected chi connectivity index (χ1v) is 10.1. The lowest BCUT2D eigenvalue weighted by atomic mass is 10.2. The topological polar surface area (TPSA) is 109 Å². The molecule has 4 heterocycles. The van der Waals surface area contributed by atoms with Crippen LogP contribution in [0.1, 0.15) is 34.1 Å². The third-order valence-electron chi connectivity index (χ3n) is 4.68. The summed E-state index contributed by atoms with van der Waals surface area (Å²) in [6.45, 7) is 2.20. The molecule has 0 saturated carbocycles. The first-order valence-electron chi connectivity index (χ1n) is 9.25. The minimum atomic E-state index is -4.57. The SMILES string of the molecule is CCc1cc2c(N3CCn4c(nnc4C(F)(F)F)C3)nc(C(=O)NCCO)nc2s1. The molecule has 3 aromatic rings. The van der Waals surface area contributed by atoms with Gasteiger partial charge in [-0.3, -0.25) is 4.79 Å². The highest BCUT2D eigenvalue weighted by Crippen LogP contribution is 2.34. The van der Waals surface area contributed by atoms with Gasteiger partial charge in [0.2, 0.25) is 11.6 Å². The molecule has 9 nitrogen and oxygen atoms in total. The van der Waals surface area contributed by atoms with Crippen LogP contribution in [-0.2, 0) is 25.7 Å². The zero-order valence-electron chi connectivity index (χ0n) is 15.9. The van der Waals surface area contributed by atoms with Gasteiger partial charge < -0.3 is 19.9 Å². The van der Waals surface area contributed by atoms with Crippen LogP contribution in [0.4, 0.5) is 19.0 Å². The second-order valence-corrected chi connectivity index (χ2v) is 7.76. The fraction of sp³-hybridized carbons (Fsp3) is 0.471. The van der Waals surface area contributed by atoms with E-state index in [4.69, 9.17) is 5.11 Å². The average molecular weight is 441 g/mol. The Morgan fingerprint density at radius 3 is 2.80 bits per heavy atom. The standard InChI is InChI=1S/C17H18F3N7O2S/c1-2-9-7-10-13(22-12(23-15(10)30-9)14(29)21-3-6-28)26-4-5-27-11(8-26)24-25-16(27)17(18,19)20/h7,28H,2-6,8H2,1H3,(H,21,29). The molecule has 0 unspecified atom stereocenters. The van der Waals surface area contributed by atoms with Gasteiger partial charge in [-0.15, -0.1) is 21.5 Å². The van der Waals surface area contributed by atoms with E-state index in [1.165, 1.54) is 11.3 Å². The molecule has 1 aliphatic rings. The van der Waals surface area contributed by atoms with Crippen LogP contribution in [0, 0.1) is 0 Å². The summed E-state index contributed by atoms with van der Waals surface area (Å²) >= 11 is 1.43. The molecule has 1 aliphatic heterocycles. The number of nitrogens with one attached hydrogen (secondary N) is 1. The van der Waals surface area contributed by atoms with Gasteiger partial charge in [0.05, 0.1) is 18.5 Å². The van der Waals surface area contributed by atoms with E-state index in [1.54, 1.807) is 4.90 Å². The lowest BCUT2D eigenvalue weighted by molar-refractivity contribution is -0.147. The lowest BCUT2D eigenvalue weighted by Gasteiger charge is -2.29. The van der Waals surface area contributed by atoms with Crippen molar-refractivity contribution in [1.29, 1.82) is 0 Å². The highest BCUT2D eigenvalue weighted by atomic mass is 32.1. The third kappa shape index (κ3) is 3.69. The smallest absolute Gasteiger partial charge is 0.395 e. The summed E-state index contributed by atoms with van der Waals surface area (Å²) in [5, 5.41) is 19.2. The number of hydrogen-bond acceptors (Lipinski definition) is 8. The third-order valence-corrected chi connectivity index (χ3v) is 5.85. The number of nitrogens with zero attached hydrogens (tertiary/aromatic N) is 6. The molecule has 0 radical (unpaired) electrons. The highest BCUT2D eigenvalue weighted by Gasteiger charge is 2.39. The lowest BCUT2D eigenvalue weighted by Crippen LogP contribution is -2.36. The number of carbonyl (C=O) groups is 1. The molecule has 1 amide bonds. The van der Waals surface area contributed by atoms with Crippen molar-refractivity contribution in [2.24, 2.45) is 0 Å². The summed E-state index contributed by atoms with van der Waals surface area (Å²) in [5.41, 5.74) is 0. The molecule has 4 rings (SSSR count). The van der Waals surface area contributed by atoms with Crippen molar-refractivity contribution < 1.29 is 23.1 Å². The molecule has 0 aromatic carbocycles. The number of aryl methyl sites for hydroxylation is 1. The van der Waals surface area contributed by atoms with Gasteiger partial charge in [0.25, 0.3) is 5.91 Å². The van der Waals surface area contributed by atoms with E-state index in [9.17, 15) is 18.0 Å². The highest BCUT2D eigenvalue weighted by molar-refractivity contribution is 7.18. The van der Waals surface area contributed by atoms with E-state index in [2.05, 4.69) is 25.5 Å². The predicted octanol–water partition coefficient (Wildman–Crippen LogP) is 1.61. The van der Waals surface area contributed by atoms with E-state index < -0.39 is 17.9 Å². The van der Waals surface area contributed by atoms with Crippen molar-refractivity contribution in [3.63, 3.8) is 0 Å². The molecule has 0 spiro atoms. The van der Waals surface area contributed by atoms with Gasteiger partial charge in [0.15, 0.2) is 5.82 Å². The maximum absolute atomic E-state index is 13.1. The Kier molecular flexibility index (Phi) is 5.32. The Bertz CT molecular complexity index is 1100. The Balaban J connectivity index is 1.73. The fourth-order valence-corrected chi connectivity index (χ4v) is 4.23. The quantitative estimate of drug-likeness (QED) is 0.619. The van der Waals surface area contributed by atoms with Crippen LogP contribution in [0.5, 0.6) is 0 Å². The van der Waals surface area contributed by atoms with E-state index in [0.717, 1.165) is 21.3 Å². The van der Waals surface area contributed by atoms with Gasteiger partial charge in [-0.05, 0) is 12.5 Å². The molecule has 0 fully saturated rings. The van der Waals surface area contributed by atoms with Crippen LogP contribution < -0.4 is 10.2 Å². The van der Waals surface area contributed by atoms with Gasteiger partial charge in [0.1, 0.15) is 10.6 Å². The predicted molar refractivity (Wildman–Crippen MR) is 102 cm³/mol. The van der Waals surface area contributed by atoms with Crippen molar-refractivity contribution >= 4 is 33.3 Å². The summed E-state index contributed by atoms with van der Waals surface area (Å²) < 4.78 is 40.4. The van der Waals surface area contributed by atoms with Crippen molar-refractivity contribution in [1.82, 2.24) is 30.0 Å². The molecule has 13 heteroatoms. The molecule has 30 heavy (non-hydrogen) atoms. The average Bonchev–Trinajstić information content (AvgIpc) is 3.34. The van der Waals surface area contributed by atoms with E-state index >= 15 is 0 Å². The Morgan fingerprint density at radius 1 is 1.30 bits per heavy atom. The summed E-state index contributed by atoms with van der Waals surface area (Å²) in [4.78, 5) is 24.5. The number of fused-ring (bicyclic) bond motifs is 2. The fourth-order valence-electron chi connectivity index (χ4n) is 3.27. The van der Waals surface area contributed by atoms with Gasteiger partial charge >= 0.3 is 6.18 Å². The van der Waals surface area contributed by atoms with Crippen molar-refractivity contribution in [2.75, 3.05) is 24.6 Å². The number of thiophene rings is 1. The normalized spacial score (nSPS) is 14.2. The van der Waals surface area contributed by atoms with E-state index in [1.807, 2.05) is 13.0 Å². The summed E-state index contributed by atoms with van der Waals surface area (Å²) in [7, 11) is 0. The molecular formula is C17H18F3N7O2S. The number of aromatic nitrogens is 5. The molecule has 0 saturated heterocycles. The zero-order chi connectivity index (χ0) is 21.5. The van der Waals surface area contributed by atoms with Crippen LogP contribution >= 0.6 is 11.3 Å². The number of carbonyl (C=O) groups excluding carboxylic acids is 1. The first-order chi connectivity index (χ1) is 14.3. The number of aliphatic hydroxyl groups is 1. The van der Waals surface area contributed by atoms with Crippen molar-refractivity contribution in [3.8, 4) is 0 Å². The van der Waals surface area contributed by atoms with Crippen LogP contribution in [0.2, 0.25) is 0 Å². The minimum absolute atomic E-state index is 0.0412. The molecule has 0 aliphatic carbocycles. The molecule has 0 atom stereocenters. The number of halogens is 3. The maximum Gasteiger partial charge on any atom is 0.451 e. The number of rotatable bonds is 5. The summed E-state index contributed by atoms with van der Waals surface area (Å²) in [6.07, 6.45) is -3.80. The zero-order valence-corrected chi connectivity index (χ0v) is 16.7. The van der Waals surface area contributed by atoms with Crippen molar-refractivity contribution in [2.45, 2.75) is 32.6 Å². The minimum Gasteiger partial charge on any atom is -0.395 e. The molecular weight excluding hydrogens is 423 g/mol. The van der Waals surface area contributed by atoms with Crippen LogP contribution in [0.25, 0.3) is 10.2 Å². The monoisotopic (exact) mass is 441 g/mol. The molecule has 3 aromatic heterocycles. The number of alkyl halides is 3. The van der Waals surface area contributed by atoms with Gasteiger partial charge in [-0.25, -0.2) is 9.97 Å². The van der Waals surface area contributed by atoms with Crippen LogP contribution in [-0.4, -0.2) is 55.4 Å². The number of amides is 1. The Labute approximate surface area is 172 Å². The summed E-state index contributed by atoms with van der Waals surface area (Å²) in [6, 6.07) is 1.94. The molecule has 160 valence electrons. The van der Waals surface area contributed by atoms with Crippen molar-refractivity contribution in [3.05, 3.63) is 28.4 Å². The number of anilines is 1. The van der Waals surface area contributed by atoms with Crippen LogP contribution in [0.15, 0.2) is 6.07 Å². The van der Waals surface area contributed by atoms with Gasteiger partial charge in [0, 0.05) is 24.5 Å². The van der Waals surface area contributed by atoms with E-state index in [0.29, 0.717) is 10.6 Å². The molecule has 0 bridgehead atoms. The largest absolute Gasteiger partial charge is 0.451 e.